The zero-order valence-corrected chi connectivity index (χ0v) is 18.9. The summed E-state index contributed by atoms with van der Waals surface area (Å²) in [6.45, 7) is 0. The van der Waals surface area contributed by atoms with Gasteiger partial charge in [0.25, 0.3) is 5.91 Å². The lowest BCUT2D eigenvalue weighted by Crippen LogP contribution is -2.15. The molecule has 2 aromatic carbocycles. The predicted octanol–water partition coefficient (Wildman–Crippen LogP) is 4.77. The molecule has 0 bridgehead atoms. The van der Waals surface area contributed by atoms with Crippen LogP contribution in [0.3, 0.4) is 0 Å². The molecule has 7 nitrogen and oxygen atoms in total. The number of hydrogen-bond donors (Lipinski definition) is 1. The van der Waals surface area contributed by atoms with Crippen molar-refractivity contribution in [3.63, 3.8) is 0 Å². The van der Waals surface area contributed by atoms with Crippen LogP contribution in [0, 0.1) is 17.1 Å². The van der Waals surface area contributed by atoms with Crippen molar-refractivity contribution in [3.05, 3.63) is 82.4 Å². The highest BCUT2D eigenvalue weighted by atomic mass is 32.2. The molecule has 4 aromatic rings. The molecule has 0 aliphatic heterocycles. The average Bonchev–Trinajstić information content (AvgIpc) is 3.56. The summed E-state index contributed by atoms with van der Waals surface area (Å²) in [6.07, 6.45) is 2.38. The number of nitriles is 1. The highest BCUT2D eigenvalue weighted by Gasteiger charge is 2.28. The zero-order chi connectivity index (χ0) is 22.8. The summed E-state index contributed by atoms with van der Waals surface area (Å²) >= 11 is 2.79. The first-order valence-corrected chi connectivity index (χ1v) is 12.0. The van der Waals surface area contributed by atoms with E-state index in [1.54, 1.807) is 35.0 Å². The van der Waals surface area contributed by atoms with Gasteiger partial charge in [0, 0.05) is 17.0 Å². The van der Waals surface area contributed by atoms with Gasteiger partial charge in [-0.05, 0) is 49.1 Å². The molecule has 2 aromatic heterocycles. The number of thioether (sulfide) groups is 1. The molecule has 0 saturated carbocycles. The van der Waals surface area contributed by atoms with Crippen molar-refractivity contribution in [2.75, 3.05) is 5.32 Å². The molecule has 1 amide bonds. The number of benzene rings is 2. The number of nitrogens with zero attached hydrogens (tertiary/aromatic N) is 5. The summed E-state index contributed by atoms with van der Waals surface area (Å²) in [5.41, 5.74) is 4.05. The Bertz CT molecular complexity index is 1370. The largest absolute Gasteiger partial charge is 0.295 e. The summed E-state index contributed by atoms with van der Waals surface area (Å²) in [6, 6.07) is 15.9. The van der Waals surface area contributed by atoms with E-state index in [0.29, 0.717) is 27.8 Å². The number of nitrogens with one attached hydrogen (secondary N) is 1. The lowest BCUT2D eigenvalue weighted by atomic mass is 10.2. The molecule has 5 rings (SSSR count). The minimum atomic E-state index is -0.380. The molecule has 0 radical (unpaired) electrons. The molecule has 1 N–H and O–H groups in total. The van der Waals surface area contributed by atoms with E-state index in [4.69, 9.17) is 5.26 Å². The van der Waals surface area contributed by atoms with Crippen LogP contribution in [0.1, 0.15) is 39.3 Å². The summed E-state index contributed by atoms with van der Waals surface area (Å²) < 4.78 is 16.6. The molecule has 0 atom stereocenters. The van der Waals surface area contributed by atoms with E-state index in [1.807, 2.05) is 12.1 Å². The molecule has 0 saturated heterocycles. The Morgan fingerprint density at radius 3 is 2.79 bits per heavy atom. The number of rotatable bonds is 6. The van der Waals surface area contributed by atoms with E-state index < -0.39 is 0 Å². The first-order chi connectivity index (χ1) is 16.1. The normalized spacial score (nSPS) is 12.4. The number of aromatic nitrogens is 4. The van der Waals surface area contributed by atoms with Gasteiger partial charge < -0.3 is 0 Å². The van der Waals surface area contributed by atoms with Crippen LogP contribution in [-0.2, 0) is 18.6 Å². The van der Waals surface area contributed by atoms with Crippen LogP contribution in [0.2, 0.25) is 0 Å². The molecular formula is C23H17FN6OS2. The molecule has 2 heterocycles. The minimum Gasteiger partial charge on any atom is -0.295 e. The molecule has 1 aliphatic rings. The maximum absolute atomic E-state index is 14.3. The highest BCUT2D eigenvalue weighted by molar-refractivity contribution is 8.00. The van der Waals surface area contributed by atoms with Crippen molar-refractivity contribution in [2.24, 2.45) is 0 Å². The average molecular weight is 477 g/mol. The quantitative estimate of drug-likeness (QED) is 0.318. The molecule has 33 heavy (non-hydrogen) atoms. The summed E-state index contributed by atoms with van der Waals surface area (Å²) in [7, 11) is 0. The number of halogens is 1. The molecule has 0 unspecified atom stereocenters. The Morgan fingerprint density at radius 2 is 2.00 bits per heavy atom. The number of hydrogen-bond acceptors (Lipinski definition) is 7. The zero-order valence-electron chi connectivity index (χ0n) is 17.3. The predicted molar refractivity (Wildman–Crippen MR) is 124 cm³/mol. The van der Waals surface area contributed by atoms with Crippen molar-refractivity contribution in [1.82, 2.24) is 20.0 Å². The van der Waals surface area contributed by atoms with Gasteiger partial charge in [-0.2, -0.15) is 10.4 Å². The van der Waals surface area contributed by atoms with Crippen LogP contribution >= 0.6 is 23.1 Å². The van der Waals surface area contributed by atoms with Crippen LogP contribution in [-0.4, -0.2) is 25.9 Å². The van der Waals surface area contributed by atoms with Gasteiger partial charge in [-0.1, -0.05) is 47.4 Å². The first-order valence-electron chi connectivity index (χ1n) is 10.2. The van der Waals surface area contributed by atoms with Gasteiger partial charge in [0.2, 0.25) is 5.13 Å². The Labute approximate surface area is 197 Å². The van der Waals surface area contributed by atoms with Gasteiger partial charge in [-0.25, -0.2) is 9.07 Å². The second kappa shape index (κ2) is 9.13. The number of carbonyl (C=O) groups is 1. The summed E-state index contributed by atoms with van der Waals surface area (Å²) in [4.78, 5) is 13.0. The third-order valence-electron chi connectivity index (χ3n) is 5.30. The van der Waals surface area contributed by atoms with Gasteiger partial charge in [0.1, 0.15) is 11.5 Å². The fourth-order valence-electron chi connectivity index (χ4n) is 3.74. The molecule has 10 heteroatoms. The number of anilines is 1. The molecule has 1 aliphatic carbocycles. The van der Waals surface area contributed by atoms with E-state index in [-0.39, 0.29) is 11.7 Å². The lowest BCUT2D eigenvalue weighted by Gasteiger charge is -2.06. The maximum atomic E-state index is 14.3. The number of fused-ring (bicyclic) bond motifs is 1. The number of carbonyl (C=O) groups excluding carboxylic acids is 1. The van der Waals surface area contributed by atoms with Crippen molar-refractivity contribution < 1.29 is 9.18 Å². The third-order valence-corrected chi connectivity index (χ3v) is 7.34. The smallest absolute Gasteiger partial charge is 0.278 e. The lowest BCUT2D eigenvalue weighted by molar-refractivity contribution is 0.102. The maximum Gasteiger partial charge on any atom is 0.278 e. The minimum absolute atomic E-state index is 0.299. The number of amides is 1. The molecule has 164 valence electrons. The van der Waals surface area contributed by atoms with Crippen LogP contribution in [0.4, 0.5) is 9.52 Å². The van der Waals surface area contributed by atoms with Gasteiger partial charge in [-0.15, -0.1) is 10.2 Å². The summed E-state index contributed by atoms with van der Waals surface area (Å²) in [5.74, 6) is -0.0767. The fourth-order valence-corrected chi connectivity index (χ4v) is 5.44. The highest BCUT2D eigenvalue weighted by Crippen LogP contribution is 2.31. The number of para-hydroxylation sites is 1. The Kier molecular flexibility index (Phi) is 5.90. The Hall–Kier alpha value is -3.55. The van der Waals surface area contributed by atoms with Crippen LogP contribution in [0.5, 0.6) is 0 Å². The first kappa shape index (κ1) is 21.3. The SMILES string of the molecule is N#Cc1ccc(CSc2nnc(NC(=O)c3nn(-c4ccccc4F)c4c3CCC4)s2)cc1. The van der Waals surface area contributed by atoms with Crippen molar-refractivity contribution in [3.8, 4) is 11.8 Å². The van der Waals surface area contributed by atoms with Crippen molar-refractivity contribution in [1.29, 1.82) is 5.26 Å². The summed E-state index contributed by atoms with van der Waals surface area (Å²) in [5, 5.41) is 24.7. The Morgan fingerprint density at radius 1 is 1.18 bits per heavy atom. The van der Waals surface area contributed by atoms with E-state index >= 15 is 0 Å². The molecular weight excluding hydrogens is 459 g/mol. The van der Waals surface area contributed by atoms with Gasteiger partial charge in [0.15, 0.2) is 10.0 Å². The second-order valence-electron chi connectivity index (χ2n) is 7.42. The third kappa shape index (κ3) is 4.37. The van der Waals surface area contributed by atoms with Crippen LogP contribution in [0.25, 0.3) is 5.69 Å². The van der Waals surface area contributed by atoms with E-state index in [2.05, 4.69) is 26.7 Å². The fraction of sp³-hybridized carbons (Fsp3) is 0.174. The van der Waals surface area contributed by atoms with Crippen LogP contribution in [0.15, 0.2) is 52.9 Å². The second-order valence-corrected chi connectivity index (χ2v) is 9.62. The standard InChI is InChI=1S/C23H17FN6OS2/c24-17-5-1-2-6-19(17)30-18-7-3-4-16(18)20(29-30)21(31)26-22-27-28-23(33-22)32-13-15-10-8-14(12-25)9-11-15/h1-2,5-6,8-11H,3-4,7,13H2,(H,26,27,31). The Balaban J connectivity index is 1.30. The topological polar surface area (TPSA) is 96.5 Å². The van der Waals surface area contributed by atoms with Crippen LogP contribution < -0.4 is 5.32 Å². The van der Waals surface area contributed by atoms with Gasteiger partial charge in [0.05, 0.1) is 11.6 Å². The molecule has 0 fully saturated rings. The molecule has 0 spiro atoms. The van der Waals surface area contributed by atoms with Crippen molar-refractivity contribution in [2.45, 2.75) is 29.4 Å². The van der Waals surface area contributed by atoms with E-state index in [9.17, 15) is 9.18 Å². The van der Waals surface area contributed by atoms with Crippen molar-refractivity contribution >= 4 is 34.1 Å². The van der Waals surface area contributed by atoms with Gasteiger partial charge in [-0.3, -0.25) is 10.1 Å². The monoisotopic (exact) mass is 476 g/mol. The van der Waals surface area contributed by atoms with Gasteiger partial charge >= 0.3 is 0 Å². The van der Waals surface area contributed by atoms with E-state index in [1.165, 1.54) is 29.2 Å². The van der Waals surface area contributed by atoms with E-state index in [0.717, 1.165) is 40.4 Å².